The molecule has 2 rings (SSSR count). The summed E-state index contributed by atoms with van der Waals surface area (Å²) in [5, 5.41) is 7.36. The summed E-state index contributed by atoms with van der Waals surface area (Å²) in [4.78, 5) is 1.73. The van der Waals surface area contributed by atoms with Gasteiger partial charge in [-0.3, -0.25) is 5.41 Å². The predicted molar refractivity (Wildman–Crippen MR) is 77.0 cm³/mol. The van der Waals surface area contributed by atoms with E-state index in [9.17, 15) is 13.2 Å². The summed E-state index contributed by atoms with van der Waals surface area (Å²) in [6.07, 6.45) is -4.54. The fourth-order valence-electron chi connectivity index (χ4n) is 2.01. The quantitative estimate of drug-likeness (QED) is 0.669. The maximum atomic E-state index is 12.9. The Morgan fingerprint density at radius 1 is 1.05 bits per heavy atom. The maximum absolute atomic E-state index is 12.9. The van der Waals surface area contributed by atoms with E-state index in [1.165, 1.54) is 12.1 Å². The molecule has 0 aliphatic rings. The molecule has 0 spiro atoms. The number of para-hydroxylation sites is 1. The molecule has 21 heavy (non-hydrogen) atoms. The highest BCUT2D eigenvalue weighted by Gasteiger charge is 2.34. The number of rotatable bonds is 3. The second-order valence-electron chi connectivity index (χ2n) is 4.54. The third-order valence-corrected chi connectivity index (χ3v) is 3.13. The maximum Gasteiger partial charge on any atom is 0.417 e. The summed E-state index contributed by atoms with van der Waals surface area (Å²) in [5.41, 5.74) is 5.42. The molecule has 0 saturated carbocycles. The molecule has 0 aliphatic carbocycles. The topological polar surface area (TPSA) is 53.1 Å². The average molecular weight is 293 g/mol. The van der Waals surface area contributed by atoms with Crippen molar-refractivity contribution in [3.8, 4) is 0 Å². The Hall–Kier alpha value is -2.50. The lowest BCUT2D eigenvalue weighted by atomic mass is 10.0. The number of nitrogens with one attached hydrogen (secondary N) is 1. The van der Waals surface area contributed by atoms with Crippen molar-refractivity contribution in [2.45, 2.75) is 6.18 Å². The molecule has 110 valence electrons. The summed E-state index contributed by atoms with van der Waals surface area (Å²) < 4.78 is 38.7. The smallest absolute Gasteiger partial charge is 0.384 e. The van der Waals surface area contributed by atoms with E-state index in [0.717, 1.165) is 11.8 Å². The Morgan fingerprint density at radius 3 is 2.19 bits per heavy atom. The normalized spacial score (nSPS) is 11.2. The first-order valence-corrected chi connectivity index (χ1v) is 6.15. The van der Waals surface area contributed by atoms with Gasteiger partial charge in [0.05, 0.1) is 5.56 Å². The lowest BCUT2D eigenvalue weighted by Crippen LogP contribution is -2.20. The fraction of sp³-hybridized carbons (Fsp3) is 0.133. The second-order valence-corrected chi connectivity index (χ2v) is 4.54. The highest BCUT2D eigenvalue weighted by molar-refractivity contribution is 5.97. The lowest BCUT2D eigenvalue weighted by Gasteiger charge is -2.21. The highest BCUT2D eigenvalue weighted by Crippen LogP contribution is 2.34. The van der Waals surface area contributed by atoms with Crippen LogP contribution in [0.5, 0.6) is 0 Å². The molecule has 2 aromatic rings. The first kappa shape index (κ1) is 14.9. The van der Waals surface area contributed by atoms with Gasteiger partial charge in [-0.05, 0) is 30.3 Å². The molecule has 0 fully saturated rings. The third kappa shape index (κ3) is 3.16. The largest absolute Gasteiger partial charge is 0.417 e. The molecular formula is C15H14F3N3. The van der Waals surface area contributed by atoms with Crippen LogP contribution in [0.15, 0.2) is 48.5 Å². The summed E-state index contributed by atoms with van der Waals surface area (Å²) in [6.45, 7) is 0. The molecule has 0 aliphatic heterocycles. The Kier molecular flexibility index (Phi) is 3.88. The Labute approximate surface area is 120 Å². The predicted octanol–water partition coefficient (Wildman–Crippen LogP) is 3.76. The molecule has 0 saturated heterocycles. The van der Waals surface area contributed by atoms with Crippen molar-refractivity contribution < 1.29 is 13.2 Å². The van der Waals surface area contributed by atoms with Crippen LogP contribution in [0.4, 0.5) is 24.5 Å². The first-order chi connectivity index (χ1) is 9.80. The fourth-order valence-corrected chi connectivity index (χ4v) is 2.01. The Bertz CT molecular complexity index is 651. The Balaban J connectivity index is 2.48. The molecule has 0 amide bonds. The first-order valence-electron chi connectivity index (χ1n) is 6.15. The van der Waals surface area contributed by atoms with Crippen molar-refractivity contribution in [2.24, 2.45) is 5.73 Å². The van der Waals surface area contributed by atoms with Crippen molar-refractivity contribution in [3.05, 3.63) is 59.7 Å². The molecule has 6 heteroatoms. The second kappa shape index (κ2) is 5.47. The van der Waals surface area contributed by atoms with Crippen LogP contribution in [0, 0.1) is 5.41 Å². The average Bonchev–Trinajstić information content (AvgIpc) is 2.45. The Morgan fingerprint density at radius 2 is 1.67 bits per heavy atom. The highest BCUT2D eigenvalue weighted by atomic mass is 19.4. The van der Waals surface area contributed by atoms with Gasteiger partial charge in [-0.15, -0.1) is 0 Å². The SMILES string of the molecule is CN(c1ccccc1)c1ccc(C(F)(F)F)c(C(=N)N)c1. The van der Waals surface area contributed by atoms with Crippen molar-refractivity contribution in [1.82, 2.24) is 0 Å². The minimum absolute atomic E-state index is 0.317. The minimum atomic E-state index is -4.54. The zero-order valence-corrected chi connectivity index (χ0v) is 11.3. The summed E-state index contributed by atoms with van der Waals surface area (Å²) in [7, 11) is 1.74. The van der Waals surface area contributed by atoms with Crippen molar-refractivity contribution in [3.63, 3.8) is 0 Å². The molecular weight excluding hydrogens is 279 g/mol. The number of halogens is 3. The van der Waals surface area contributed by atoms with Crippen LogP contribution in [0.25, 0.3) is 0 Å². The van der Waals surface area contributed by atoms with Crippen LogP contribution >= 0.6 is 0 Å². The number of alkyl halides is 3. The molecule has 0 atom stereocenters. The molecule has 0 aromatic heterocycles. The van der Waals surface area contributed by atoms with E-state index in [1.807, 2.05) is 30.3 Å². The molecule has 0 unspecified atom stereocenters. The zero-order valence-electron chi connectivity index (χ0n) is 11.3. The van der Waals surface area contributed by atoms with Crippen LogP contribution in [0.3, 0.4) is 0 Å². The van der Waals surface area contributed by atoms with Gasteiger partial charge in [0, 0.05) is 24.0 Å². The van der Waals surface area contributed by atoms with E-state index in [1.54, 1.807) is 11.9 Å². The minimum Gasteiger partial charge on any atom is -0.384 e. The van der Waals surface area contributed by atoms with E-state index < -0.39 is 17.6 Å². The zero-order chi connectivity index (χ0) is 15.6. The number of nitrogens with zero attached hydrogens (tertiary/aromatic N) is 1. The number of amidine groups is 1. The van der Waals surface area contributed by atoms with Crippen LogP contribution in [-0.4, -0.2) is 12.9 Å². The monoisotopic (exact) mass is 293 g/mol. The van der Waals surface area contributed by atoms with Gasteiger partial charge in [-0.25, -0.2) is 0 Å². The van der Waals surface area contributed by atoms with Crippen LogP contribution in [-0.2, 0) is 6.18 Å². The summed E-state index contributed by atoms with van der Waals surface area (Å²) in [5.74, 6) is -0.606. The van der Waals surface area contributed by atoms with Crippen LogP contribution < -0.4 is 10.6 Å². The van der Waals surface area contributed by atoms with Crippen molar-refractivity contribution in [2.75, 3.05) is 11.9 Å². The van der Waals surface area contributed by atoms with Gasteiger partial charge in [-0.2, -0.15) is 13.2 Å². The van der Waals surface area contributed by atoms with Gasteiger partial charge in [0.15, 0.2) is 0 Å². The van der Waals surface area contributed by atoms with Crippen LogP contribution in [0.2, 0.25) is 0 Å². The van der Waals surface area contributed by atoms with Gasteiger partial charge in [0.25, 0.3) is 0 Å². The summed E-state index contributed by atoms with van der Waals surface area (Å²) in [6, 6.07) is 12.8. The molecule has 0 bridgehead atoms. The molecule has 2 aromatic carbocycles. The lowest BCUT2D eigenvalue weighted by molar-refractivity contribution is -0.137. The molecule has 3 N–H and O–H groups in total. The van der Waals surface area contributed by atoms with E-state index in [4.69, 9.17) is 11.1 Å². The summed E-state index contributed by atoms with van der Waals surface area (Å²) >= 11 is 0. The van der Waals surface area contributed by atoms with E-state index in [-0.39, 0.29) is 5.56 Å². The van der Waals surface area contributed by atoms with Crippen molar-refractivity contribution >= 4 is 17.2 Å². The van der Waals surface area contributed by atoms with Crippen LogP contribution in [0.1, 0.15) is 11.1 Å². The number of hydrogen-bond donors (Lipinski definition) is 2. The number of benzene rings is 2. The molecule has 0 heterocycles. The number of nitrogens with two attached hydrogens (primary N) is 1. The van der Waals surface area contributed by atoms with E-state index >= 15 is 0 Å². The number of anilines is 2. The van der Waals surface area contributed by atoms with Gasteiger partial charge in [0.1, 0.15) is 5.84 Å². The molecule has 0 radical (unpaired) electrons. The molecule has 3 nitrogen and oxygen atoms in total. The van der Waals surface area contributed by atoms with Gasteiger partial charge < -0.3 is 10.6 Å². The third-order valence-electron chi connectivity index (χ3n) is 3.13. The van der Waals surface area contributed by atoms with Gasteiger partial charge >= 0.3 is 6.18 Å². The van der Waals surface area contributed by atoms with E-state index in [0.29, 0.717) is 5.69 Å². The number of hydrogen-bond acceptors (Lipinski definition) is 2. The standard InChI is InChI=1S/C15H14F3N3/c1-21(10-5-3-2-4-6-10)11-7-8-13(15(16,17)18)12(9-11)14(19)20/h2-9H,1H3,(H3,19,20). The van der Waals surface area contributed by atoms with Crippen molar-refractivity contribution in [1.29, 1.82) is 5.41 Å². The van der Waals surface area contributed by atoms with Gasteiger partial charge in [-0.1, -0.05) is 18.2 Å². The number of nitrogen functional groups attached to an aromatic ring is 1. The van der Waals surface area contributed by atoms with Gasteiger partial charge in [0.2, 0.25) is 0 Å². The van der Waals surface area contributed by atoms with E-state index in [2.05, 4.69) is 0 Å².